The zero-order chi connectivity index (χ0) is 17.1. The van der Waals surface area contributed by atoms with Crippen molar-refractivity contribution in [3.63, 3.8) is 0 Å². The van der Waals surface area contributed by atoms with Crippen LogP contribution >= 0.6 is 23.7 Å². The zero-order valence-corrected chi connectivity index (χ0v) is 16.7. The maximum atomic E-state index is 12.5. The minimum Gasteiger partial charge on any atom is -0.345 e. The summed E-state index contributed by atoms with van der Waals surface area (Å²) in [4.78, 5) is 21.6. The second kappa shape index (κ2) is 9.02. The molecule has 2 aliphatic heterocycles. The van der Waals surface area contributed by atoms with Crippen molar-refractivity contribution in [1.82, 2.24) is 15.2 Å². The molecule has 0 radical (unpaired) electrons. The summed E-state index contributed by atoms with van der Waals surface area (Å²) in [5, 5.41) is 4.48. The Balaban J connectivity index is 0.00000196. The molecule has 0 bridgehead atoms. The lowest BCUT2D eigenvalue weighted by molar-refractivity contribution is -0.131. The molecule has 0 saturated carbocycles. The number of aromatic nitrogens is 1. The van der Waals surface area contributed by atoms with Gasteiger partial charge in [0.25, 0.3) is 0 Å². The highest BCUT2D eigenvalue weighted by Crippen LogP contribution is 2.29. The first-order valence-corrected chi connectivity index (χ1v) is 10.2. The summed E-state index contributed by atoms with van der Waals surface area (Å²) in [5.74, 6) is 1.07. The fourth-order valence-electron chi connectivity index (χ4n) is 3.80. The van der Waals surface area contributed by atoms with Gasteiger partial charge >= 0.3 is 0 Å². The predicted molar refractivity (Wildman–Crippen MR) is 110 cm³/mol. The quantitative estimate of drug-likeness (QED) is 0.865. The number of carbonyl (C=O) groups excluding carboxylic acids is 1. The number of piperidine rings is 1. The summed E-state index contributed by atoms with van der Waals surface area (Å²) in [7, 11) is 0. The van der Waals surface area contributed by atoms with Crippen LogP contribution in [0.25, 0.3) is 10.2 Å². The van der Waals surface area contributed by atoms with E-state index in [9.17, 15) is 4.79 Å². The standard InChI is InChI=1S/C19H26N4OS.ClH/c24-18(6-5-15-7-9-20-10-8-15)22-11-13-23(14-12-22)19-21-16-3-1-2-4-17(16)25-19;/h1-4,15,20H,5-14H2;1H. The van der Waals surface area contributed by atoms with Crippen molar-refractivity contribution in [2.75, 3.05) is 44.2 Å². The molecular weight excluding hydrogens is 368 g/mol. The van der Waals surface area contributed by atoms with Gasteiger partial charge in [-0.3, -0.25) is 4.79 Å². The number of anilines is 1. The third-order valence-electron chi connectivity index (χ3n) is 5.41. The Hall–Kier alpha value is -1.37. The molecule has 142 valence electrons. The van der Waals surface area contributed by atoms with Crippen molar-refractivity contribution in [3.8, 4) is 0 Å². The summed E-state index contributed by atoms with van der Waals surface area (Å²) < 4.78 is 1.23. The Labute approximate surface area is 165 Å². The number of piperazine rings is 1. The molecule has 1 aromatic heterocycles. The highest BCUT2D eigenvalue weighted by molar-refractivity contribution is 7.22. The number of nitrogens with zero attached hydrogens (tertiary/aromatic N) is 3. The largest absolute Gasteiger partial charge is 0.345 e. The number of thiazole rings is 1. The molecule has 3 heterocycles. The molecule has 5 nitrogen and oxygen atoms in total. The van der Waals surface area contributed by atoms with Crippen molar-refractivity contribution < 1.29 is 4.79 Å². The predicted octanol–water partition coefficient (Wildman–Crippen LogP) is 3.15. The minimum atomic E-state index is 0. The van der Waals surface area contributed by atoms with Crippen molar-refractivity contribution in [3.05, 3.63) is 24.3 Å². The van der Waals surface area contributed by atoms with E-state index in [-0.39, 0.29) is 12.4 Å². The summed E-state index contributed by atoms with van der Waals surface area (Å²) in [6.45, 7) is 5.64. The van der Waals surface area contributed by atoms with E-state index in [1.807, 2.05) is 11.0 Å². The van der Waals surface area contributed by atoms with Gasteiger partial charge in [0.05, 0.1) is 10.2 Å². The summed E-state index contributed by atoms with van der Waals surface area (Å²) >= 11 is 1.75. The molecule has 1 N–H and O–H groups in total. The molecule has 26 heavy (non-hydrogen) atoms. The molecule has 0 unspecified atom stereocenters. The fourth-order valence-corrected chi connectivity index (χ4v) is 4.82. The number of rotatable bonds is 4. The van der Waals surface area contributed by atoms with Gasteiger partial charge in [0.2, 0.25) is 5.91 Å². The molecular formula is C19H27ClN4OS. The van der Waals surface area contributed by atoms with E-state index in [1.54, 1.807) is 11.3 Å². The first-order valence-electron chi connectivity index (χ1n) is 9.38. The number of fused-ring (bicyclic) bond motifs is 1. The maximum absolute atomic E-state index is 12.5. The molecule has 2 fully saturated rings. The van der Waals surface area contributed by atoms with Gasteiger partial charge in [-0.1, -0.05) is 23.5 Å². The Morgan fingerprint density at radius 3 is 2.62 bits per heavy atom. The number of hydrogen-bond acceptors (Lipinski definition) is 5. The van der Waals surface area contributed by atoms with Crippen LogP contribution in [0.15, 0.2) is 24.3 Å². The number of carbonyl (C=O) groups is 1. The van der Waals surface area contributed by atoms with Gasteiger partial charge in [-0.05, 0) is 50.4 Å². The molecule has 2 saturated heterocycles. The third kappa shape index (κ3) is 4.48. The van der Waals surface area contributed by atoms with Gasteiger partial charge in [0.1, 0.15) is 0 Å². The third-order valence-corrected chi connectivity index (χ3v) is 6.51. The lowest BCUT2D eigenvalue weighted by Gasteiger charge is -2.35. The van der Waals surface area contributed by atoms with Crippen molar-refractivity contribution in [1.29, 1.82) is 0 Å². The van der Waals surface area contributed by atoms with E-state index >= 15 is 0 Å². The summed E-state index contributed by atoms with van der Waals surface area (Å²) in [5.41, 5.74) is 1.07. The average Bonchev–Trinajstić information content (AvgIpc) is 3.11. The highest BCUT2D eigenvalue weighted by Gasteiger charge is 2.24. The number of para-hydroxylation sites is 1. The molecule has 2 aromatic rings. The van der Waals surface area contributed by atoms with E-state index in [0.717, 1.165) is 62.3 Å². The second-order valence-corrected chi connectivity index (χ2v) is 8.07. The summed E-state index contributed by atoms with van der Waals surface area (Å²) in [6, 6.07) is 8.28. The molecule has 1 amide bonds. The van der Waals surface area contributed by atoms with Crippen molar-refractivity contribution >= 4 is 45.0 Å². The maximum Gasteiger partial charge on any atom is 0.222 e. The molecule has 7 heteroatoms. The van der Waals surface area contributed by atoms with Crippen LogP contribution in [-0.4, -0.2) is 55.1 Å². The van der Waals surface area contributed by atoms with Gasteiger partial charge in [-0.2, -0.15) is 0 Å². The van der Waals surface area contributed by atoms with E-state index in [4.69, 9.17) is 4.98 Å². The van der Waals surface area contributed by atoms with E-state index in [2.05, 4.69) is 28.4 Å². The van der Waals surface area contributed by atoms with Crippen LogP contribution in [-0.2, 0) is 4.79 Å². The Kier molecular flexibility index (Phi) is 6.73. The van der Waals surface area contributed by atoms with Crippen molar-refractivity contribution in [2.45, 2.75) is 25.7 Å². The Bertz CT molecular complexity index is 690. The van der Waals surface area contributed by atoms with Crippen LogP contribution in [0.3, 0.4) is 0 Å². The molecule has 1 aromatic carbocycles. The zero-order valence-electron chi connectivity index (χ0n) is 15.0. The first kappa shape index (κ1) is 19.4. The topological polar surface area (TPSA) is 48.5 Å². The summed E-state index contributed by atoms with van der Waals surface area (Å²) in [6.07, 6.45) is 4.21. The average molecular weight is 395 g/mol. The van der Waals surface area contributed by atoms with Gasteiger partial charge in [-0.15, -0.1) is 12.4 Å². The van der Waals surface area contributed by atoms with Crippen molar-refractivity contribution in [2.24, 2.45) is 5.92 Å². The van der Waals surface area contributed by atoms with Crippen LogP contribution in [0.2, 0.25) is 0 Å². The lowest BCUT2D eigenvalue weighted by Crippen LogP contribution is -2.48. The minimum absolute atomic E-state index is 0. The Morgan fingerprint density at radius 1 is 1.15 bits per heavy atom. The van der Waals surface area contributed by atoms with E-state index in [1.165, 1.54) is 17.5 Å². The fraction of sp³-hybridized carbons (Fsp3) is 0.579. The number of halogens is 1. The molecule has 0 aliphatic carbocycles. The number of hydrogen-bond donors (Lipinski definition) is 1. The normalized spacial score (nSPS) is 18.8. The van der Waals surface area contributed by atoms with E-state index < -0.39 is 0 Å². The molecule has 2 aliphatic rings. The molecule has 4 rings (SSSR count). The number of nitrogens with one attached hydrogen (secondary N) is 1. The Morgan fingerprint density at radius 2 is 1.88 bits per heavy atom. The van der Waals surface area contributed by atoms with Gasteiger partial charge in [0.15, 0.2) is 5.13 Å². The van der Waals surface area contributed by atoms with Crippen LogP contribution in [0, 0.1) is 5.92 Å². The lowest BCUT2D eigenvalue weighted by atomic mass is 9.93. The number of amides is 1. The van der Waals surface area contributed by atoms with Gasteiger partial charge in [0, 0.05) is 32.6 Å². The van der Waals surface area contributed by atoms with Crippen LogP contribution in [0.5, 0.6) is 0 Å². The molecule has 0 spiro atoms. The van der Waals surface area contributed by atoms with Crippen LogP contribution in [0.1, 0.15) is 25.7 Å². The SMILES string of the molecule is Cl.O=C(CCC1CCNCC1)N1CCN(c2nc3ccccc3s2)CC1. The smallest absolute Gasteiger partial charge is 0.222 e. The second-order valence-electron chi connectivity index (χ2n) is 7.06. The highest BCUT2D eigenvalue weighted by atomic mass is 35.5. The first-order chi connectivity index (χ1) is 12.3. The van der Waals surface area contributed by atoms with Crippen LogP contribution in [0.4, 0.5) is 5.13 Å². The van der Waals surface area contributed by atoms with Gasteiger partial charge in [-0.25, -0.2) is 4.98 Å². The van der Waals surface area contributed by atoms with Gasteiger partial charge < -0.3 is 15.1 Å². The number of benzene rings is 1. The monoisotopic (exact) mass is 394 g/mol. The van der Waals surface area contributed by atoms with Crippen LogP contribution < -0.4 is 10.2 Å². The molecule has 0 atom stereocenters. The van der Waals surface area contributed by atoms with E-state index in [0.29, 0.717) is 12.3 Å².